The standard InChI is InChI=1S/C16H12N2S2/c19-15(13-7-3-1-4-8-13)18(16-17-11-12-20-16)14-9-5-2-6-10-14/h1-12H. The van der Waals surface area contributed by atoms with Gasteiger partial charge in [0.1, 0.15) is 4.99 Å². The Hall–Kier alpha value is -2.04. The largest absolute Gasteiger partial charge is 0.276 e. The van der Waals surface area contributed by atoms with Crippen LogP contribution < -0.4 is 4.90 Å². The lowest BCUT2D eigenvalue weighted by molar-refractivity contribution is 1.28. The topological polar surface area (TPSA) is 16.1 Å². The van der Waals surface area contributed by atoms with Gasteiger partial charge in [-0.1, -0.05) is 60.7 Å². The van der Waals surface area contributed by atoms with E-state index in [4.69, 9.17) is 12.2 Å². The molecule has 0 aliphatic heterocycles. The average Bonchev–Trinajstić information content (AvgIpc) is 3.03. The summed E-state index contributed by atoms with van der Waals surface area (Å²) in [5.74, 6) is 0. The van der Waals surface area contributed by atoms with Crippen molar-refractivity contribution in [3.05, 3.63) is 77.8 Å². The SMILES string of the molecule is S=C(c1ccccc1)N(c1ccccc1)c1nccs1. The van der Waals surface area contributed by atoms with E-state index < -0.39 is 0 Å². The lowest BCUT2D eigenvalue weighted by atomic mass is 10.2. The van der Waals surface area contributed by atoms with Crippen molar-refractivity contribution in [1.82, 2.24) is 4.98 Å². The van der Waals surface area contributed by atoms with E-state index in [1.54, 1.807) is 17.5 Å². The molecular formula is C16H12N2S2. The number of hydrogen-bond acceptors (Lipinski definition) is 3. The highest BCUT2D eigenvalue weighted by Crippen LogP contribution is 2.29. The summed E-state index contributed by atoms with van der Waals surface area (Å²) in [4.78, 5) is 7.16. The molecule has 20 heavy (non-hydrogen) atoms. The molecule has 4 heteroatoms. The predicted octanol–water partition coefficient (Wildman–Crippen LogP) is 4.66. The fourth-order valence-corrected chi connectivity index (χ4v) is 2.98. The molecule has 0 aliphatic rings. The fourth-order valence-electron chi connectivity index (χ4n) is 1.93. The van der Waals surface area contributed by atoms with Crippen molar-refractivity contribution in [2.45, 2.75) is 0 Å². The number of benzene rings is 2. The molecule has 1 heterocycles. The number of nitrogens with zero attached hydrogens (tertiary/aromatic N) is 2. The van der Waals surface area contributed by atoms with Crippen LogP contribution in [0.1, 0.15) is 5.56 Å². The Morgan fingerprint density at radius 3 is 2.20 bits per heavy atom. The molecule has 0 bridgehead atoms. The minimum atomic E-state index is 0.756. The third-order valence-corrected chi connectivity index (χ3v) is 4.02. The third kappa shape index (κ3) is 2.61. The molecule has 3 rings (SSSR count). The maximum absolute atomic E-state index is 5.66. The van der Waals surface area contributed by atoms with Crippen LogP contribution in [0.4, 0.5) is 10.8 Å². The lowest BCUT2D eigenvalue weighted by Gasteiger charge is -2.22. The maximum Gasteiger partial charge on any atom is 0.195 e. The summed E-state index contributed by atoms with van der Waals surface area (Å²) < 4.78 is 0. The van der Waals surface area contributed by atoms with Gasteiger partial charge < -0.3 is 0 Å². The highest BCUT2D eigenvalue weighted by molar-refractivity contribution is 7.81. The number of para-hydroxylation sites is 1. The van der Waals surface area contributed by atoms with E-state index in [9.17, 15) is 0 Å². The second-order valence-electron chi connectivity index (χ2n) is 4.16. The zero-order valence-electron chi connectivity index (χ0n) is 10.6. The molecule has 0 atom stereocenters. The zero-order chi connectivity index (χ0) is 13.8. The van der Waals surface area contributed by atoms with Crippen LogP contribution in [0.3, 0.4) is 0 Å². The second kappa shape index (κ2) is 5.94. The number of thiazole rings is 1. The normalized spacial score (nSPS) is 10.2. The Labute approximate surface area is 127 Å². The predicted molar refractivity (Wildman–Crippen MR) is 88.8 cm³/mol. The number of anilines is 2. The van der Waals surface area contributed by atoms with Crippen LogP contribution in [0.5, 0.6) is 0 Å². The molecule has 0 N–H and O–H groups in total. The quantitative estimate of drug-likeness (QED) is 0.654. The van der Waals surface area contributed by atoms with Crippen LogP contribution in [-0.2, 0) is 0 Å². The Morgan fingerprint density at radius 1 is 0.950 bits per heavy atom. The molecule has 0 radical (unpaired) electrons. The first-order valence-electron chi connectivity index (χ1n) is 6.20. The van der Waals surface area contributed by atoms with Gasteiger partial charge in [0.25, 0.3) is 0 Å². The fraction of sp³-hybridized carbons (Fsp3) is 0. The molecule has 98 valence electrons. The van der Waals surface area contributed by atoms with Crippen molar-refractivity contribution in [2.24, 2.45) is 0 Å². The number of hydrogen-bond donors (Lipinski definition) is 0. The summed E-state index contributed by atoms with van der Waals surface area (Å²) in [5.41, 5.74) is 2.04. The molecule has 0 saturated carbocycles. The third-order valence-electron chi connectivity index (χ3n) is 2.85. The Kier molecular flexibility index (Phi) is 3.85. The summed E-state index contributed by atoms with van der Waals surface area (Å²) in [6, 6.07) is 20.1. The Bertz CT molecular complexity index is 679. The van der Waals surface area contributed by atoms with Gasteiger partial charge in [-0.3, -0.25) is 4.90 Å². The summed E-state index contributed by atoms with van der Waals surface area (Å²) in [6.07, 6.45) is 1.80. The van der Waals surface area contributed by atoms with Gasteiger partial charge in [0.05, 0.1) is 0 Å². The van der Waals surface area contributed by atoms with Gasteiger partial charge in [0, 0.05) is 22.8 Å². The second-order valence-corrected chi connectivity index (χ2v) is 5.42. The van der Waals surface area contributed by atoms with Crippen LogP contribution in [0.25, 0.3) is 0 Å². The summed E-state index contributed by atoms with van der Waals surface area (Å²) in [7, 11) is 0. The molecule has 2 aromatic carbocycles. The molecule has 0 amide bonds. The summed E-state index contributed by atoms with van der Waals surface area (Å²) in [5, 5.41) is 2.84. The van der Waals surface area contributed by atoms with E-state index in [0.29, 0.717) is 0 Å². The van der Waals surface area contributed by atoms with Crippen molar-refractivity contribution in [2.75, 3.05) is 4.90 Å². The van der Waals surface area contributed by atoms with Crippen LogP contribution in [0.15, 0.2) is 72.2 Å². The minimum absolute atomic E-state index is 0.756. The Morgan fingerprint density at radius 2 is 1.60 bits per heavy atom. The molecule has 1 aromatic heterocycles. The smallest absolute Gasteiger partial charge is 0.195 e. The van der Waals surface area contributed by atoms with Gasteiger partial charge in [-0.05, 0) is 12.1 Å². The van der Waals surface area contributed by atoms with Crippen LogP contribution in [-0.4, -0.2) is 9.97 Å². The van der Waals surface area contributed by atoms with Gasteiger partial charge in [-0.15, -0.1) is 11.3 Å². The van der Waals surface area contributed by atoms with E-state index in [0.717, 1.165) is 21.4 Å². The van der Waals surface area contributed by atoms with E-state index in [1.807, 2.05) is 70.9 Å². The number of aromatic nitrogens is 1. The Balaban J connectivity index is 2.05. The van der Waals surface area contributed by atoms with Crippen molar-refractivity contribution in [3.8, 4) is 0 Å². The van der Waals surface area contributed by atoms with Gasteiger partial charge in [-0.25, -0.2) is 4.98 Å². The van der Waals surface area contributed by atoms with Crippen molar-refractivity contribution in [3.63, 3.8) is 0 Å². The first-order chi connectivity index (χ1) is 9.86. The lowest BCUT2D eigenvalue weighted by Crippen LogP contribution is -2.24. The average molecular weight is 296 g/mol. The molecule has 0 aliphatic carbocycles. The highest BCUT2D eigenvalue weighted by Gasteiger charge is 2.17. The summed E-state index contributed by atoms with van der Waals surface area (Å²) in [6.45, 7) is 0. The van der Waals surface area contributed by atoms with E-state index >= 15 is 0 Å². The van der Waals surface area contributed by atoms with Crippen molar-refractivity contribution in [1.29, 1.82) is 0 Å². The maximum atomic E-state index is 5.66. The molecule has 3 aromatic rings. The highest BCUT2D eigenvalue weighted by atomic mass is 32.1. The van der Waals surface area contributed by atoms with E-state index in [1.165, 1.54) is 0 Å². The molecule has 0 spiro atoms. The van der Waals surface area contributed by atoms with Crippen LogP contribution >= 0.6 is 23.6 Å². The van der Waals surface area contributed by atoms with Crippen LogP contribution in [0.2, 0.25) is 0 Å². The monoisotopic (exact) mass is 296 g/mol. The molecule has 0 unspecified atom stereocenters. The minimum Gasteiger partial charge on any atom is -0.276 e. The number of thiocarbonyl (C=S) groups is 1. The van der Waals surface area contributed by atoms with E-state index in [-0.39, 0.29) is 0 Å². The molecule has 0 saturated heterocycles. The van der Waals surface area contributed by atoms with Crippen molar-refractivity contribution < 1.29 is 0 Å². The molecule has 2 nitrogen and oxygen atoms in total. The van der Waals surface area contributed by atoms with Gasteiger partial charge >= 0.3 is 0 Å². The van der Waals surface area contributed by atoms with Gasteiger partial charge in [0.15, 0.2) is 5.13 Å². The first-order valence-corrected chi connectivity index (χ1v) is 7.49. The van der Waals surface area contributed by atoms with Gasteiger partial charge in [-0.2, -0.15) is 0 Å². The van der Waals surface area contributed by atoms with E-state index in [2.05, 4.69) is 4.98 Å². The van der Waals surface area contributed by atoms with Crippen molar-refractivity contribution >= 4 is 39.4 Å². The zero-order valence-corrected chi connectivity index (χ0v) is 12.3. The molecule has 0 fully saturated rings. The number of rotatable bonds is 3. The van der Waals surface area contributed by atoms with Gasteiger partial charge in [0.2, 0.25) is 0 Å². The molecular weight excluding hydrogens is 284 g/mol. The van der Waals surface area contributed by atoms with Crippen LogP contribution in [0, 0.1) is 0 Å². The summed E-state index contributed by atoms with van der Waals surface area (Å²) >= 11 is 7.24. The first kappa shape index (κ1) is 13.0.